The van der Waals surface area contributed by atoms with Crippen LogP contribution in [-0.2, 0) is 11.3 Å². The Morgan fingerprint density at radius 2 is 2.22 bits per heavy atom. The van der Waals surface area contributed by atoms with Crippen LogP contribution >= 0.6 is 0 Å². The second-order valence-corrected chi connectivity index (χ2v) is 7.38. The summed E-state index contributed by atoms with van der Waals surface area (Å²) in [6.07, 6.45) is 6.45. The molecule has 142 valence electrons. The van der Waals surface area contributed by atoms with Gasteiger partial charge >= 0.3 is 0 Å². The van der Waals surface area contributed by atoms with Crippen molar-refractivity contribution in [2.45, 2.75) is 43.9 Å². The molecule has 3 aliphatic rings. The predicted molar refractivity (Wildman–Crippen MR) is 95.7 cm³/mol. The first kappa shape index (κ1) is 16.6. The van der Waals surface area contributed by atoms with E-state index in [1.165, 1.54) is 0 Å². The molecule has 2 aromatic rings. The number of halogens is 1. The first-order chi connectivity index (χ1) is 13.1. The van der Waals surface area contributed by atoms with E-state index in [9.17, 15) is 4.79 Å². The maximum Gasteiger partial charge on any atom is 0.254 e. The standard InChI is InChI=1S/C18H21FN6O2/c19-15-11-6-21-18(26)14(11)16(9-5-22-25(7-9)10-1-2-10)24-17(15)23-13-3-4-27-8-12(13)20/h5,7,10,12-13H,1-4,6,8,20H2,(H,21,26)(H,23,24)/t12-,13+/m0/s1. The maximum atomic E-state index is 15.1. The van der Waals surface area contributed by atoms with Crippen LogP contribution in [0.3, 0.4) is 0 Å². The summed E-state index contributed by atoms with van der Waals surface area (Å²) < 4.78 is 22.3. The largest absolute Gasteiger partial charge is 0.380 e. The van der Waals surface area contributed by atoms with Crippen LogP contribution in [0.4, 0.5) is 10.2 Å². The monoisotopic (exact) mass is 372 g/mol. The van der Waals surface area contributed by atoms with Gasteiger partial charge in [0.1, 0.15) is 0 Å². The Labute approximate surface area is 155 Å². The Morgan fingerprint density at radius 3 is 3.00 bits per heavy atom. The van der Waals surface area contributed by atoms with Crippen molar-refractivity contribution in [3.8, 4) is 11.3 Å². The smallest absolute Gasteiger partial charge is 0.254 e. The van der Waals surface area contributed by atoms with Gasteiger partial charge in [0.05, 0.1) is 30.1 Å². The highest BCUT2D eigenvalue weighted by Crippen LogP contribution is 2.37. The van der Waals surface area contributed by atoms with Crippen molar-refractivity contribution in [3.05, 3.63) is 29.3 Å². The summed E-state index contributed by atoms with van der Waals surface area (Å²) in [4.78, 5) is 16.8. The fourth-order valence-corrected chi connectivity index (χ4v) is 3.70. The van der Waals surface area contributed by atoms with Crippen LogP contribution in [0, 0.1) is 5.82 Å². The molecule has 2 aliphatic heterocycles. The molecule has 0 bridgehead atoms. The fourth-order valence-electron chi connectivity index (χ4n) is 3.70. The van der Waals surface area contributed by atoms with Crippen LogP contribution in [0.5, 0.6) is 0 Å². The van der Waals surface area contributed by atoms with Gasteiger partial charge in [-0.1, -0.05) is 0 Å². The Kier molecular flexibility index (Phi) is 3.87. The molecule has 1 saturated heterocycles. The molecule has 2 atom stereocenters. The molecule has 9 heteroatoms. The van der Waals surface area contributed by atoms with Gasteiger partial charge in [-0.25, -0.2) is 9.37 Å². The zero-order valence-electron chi connectivity index (χ0n) is 14.7. The Hall–Kier alpha value is -2.52. The van der Waals surface area contributed by atoms with Gasteiger partial charge in [-0.05, 0) is 19.3 Å². The minimum absolute atomic E-state index is 0.127. The number of amides is 1. The van der Waals surface area contributed by atoms with Gasteiger partial charge < -0.3 is 21.1 Å². The molecule has 0 spiro atoms. The number of fused-ring (bicyclic) bond motifs is 1. The number of ether oxygens (including phenoxy) is 1. The molecule has 4 N–H and O–H groups in total. The molecule has 1 aliphatic carbocycles. The van der Waals surface area contributed by atoms with Crippen molar-refractivity contribution in [1.29, 1.82) is 0 Å². The van der Waals surface area contributed by atoms with Gasteiger partial charge in [0.15, 0.2) is 11.6 Å². The summed E-state index contributed by atoms with van der Waals surface area (Å²) >= 11 is 0. The normalized spacial score (nSPS) is 24.6. The highest BCUT2D eigenvalue weighted by Gasteiger charge is 2.33. The summed E-state index contributed by atoms with van der Waals surface area (Å²) in [6.45, 7) is 1.14. The van der Waals surface area contributed by atoms with Crippen LogP contribution < -0.4 is 16.4 Å². The van der Waals surface area contributed by atoms with E-state index in [0.29, 0.717) is 42.5 Å². The zero-order valence-corrected chi connectivity index (χ0v) is 14.7. The van der Waals surface area contributed by atoms with Crippen molar-refractivity contribution in [1.82, 2.24) is 20.1 Å². The Balaban J connectivity index is 1.56. The van der Waals surface area contributed by atoms with Crippen LogP contribution in [-0.4, -0.2) is 46.0 Å². The van der Waals surface area contributed by atoms with Gasteiger partial charge in [-0.15, -0.1) is 0 Å². The average Bonchev–Trinajstić information content (AvgIpc) is 3.27. The van der Waals surface area contributed by atoms with E-state index >= 15 is 4.39 Å². The SMILES string of the molecule is N[C@H]1COCC[C@H]1Nc1nc(-c2cnn(C3CC3)c2)c2c(c1F)CNC2=O. The number of rotatable bonds is 4. The lowest BCUT2D eigenvalue weighted by Gasteiger charge is -2.30. The molecule has 2 aromatic heterocycles. The van der Waals surface area contributed by atoms with Gasteiger partial charge in [0.25, 0.3) is 5.91 Å². The van der Waals surface area contributed by atoms with E-state index in [2.05, 4.69) is 20.7 Å². The van der Waals surface area contributed by atoms with Crippen LogP contribution in [0.25, 0.3) is 11.3 Å². The minimum atomic E-state index is -0.500. The van der Waals surface area contributed by atoms with Gasteiger partial charge in [0.2, 0.25) is 0 Å². The molecule has 2 fully saturated rings. The number of aromatic nitrogens is 3. The predicted octanol–water partition coefficient (Wildman–Crippen LogP) is 1.19. The molecule has 1 amide bonds. The van der Waals surface area contributed by atoms with E-state index in [-0.39, 0.29) is 30.4 Å². The third-order valence-electron chi connectivity index (χ3n) is 5.41. The van der Waals surface area contributed by atoms with Crippen LogP contribution in [0.1, 0.15) is 41.2 Å². The van der Waals surface area contributed by atoms with Crippen molar-refractivity contribution >= 4 is 11.7 Å². The molecule has 0 aromatic carbocycles. The lowest BCUT2D eigenvalue weighted by molar-refractivity contribution is 0.0751. The number of hydrogen-bond acceptors (Lipinski definition) is 6. The average molecular weight is 372 g/mol. The molecule has 4 heterocycles. The number of nitrogens with two attached hydrogens (primary N) is 1. The van der Waals surface area contributed by atoms with Crippen LogP contribution in [0.15, 0.2) is 12.4 Å². The summed E-state index contributed by atoms with van der Waals surface area (Å²) in [7, 11) is 0. The van der Waals surface area contributed by atoms with E-state index in [1.807, 2.05) is 10.9 Å². The number of carbonyl (C=O) groups is 1. The minimum Gasteiger partial charge on any atom is -0.380 e. The van der Waals surface area contributed by atoms with E-state index in [0.717, 1.165) is 18.4 Å². The Bertz CT molecular complexity index is 909. The molecule has 0 radical (unpaired) electrons. The first-order valence-electron chi connectivity index (χ1n) is 9.27. The number of nitrogens with one attached hydrogen (secondary N) is 2. The Morgan fingerprint density at radius 1 is 1.37 bits per heavy atom. The quantitative estimate of drug-likeness (QED) is 0.744. The van der Waals surface area contributed by atoms with Crippen molar-refractivity contribution in [3.63, 3.8) is 0 Å². The van der Waals surface area contributed by atoms with Crippen molar-refractivity contribution < 1.29 is 13.9 Å². The first-order valence-corrected chi connectivity index (χ1v) is 9.27. The summed E-state index contributed by atoms with van der Waals surface area (Å²) in [5, 5.41) is 10.2. The second kappa shape index (κ2) is 6.28. The molecule has 8 nitrogen and oxygen atoms in total. The molecule has 27 heavy (non-hydrogen) atoms. The van der Waals surface area contributed by atoms with Gasteiger partial charge in [-0.2, -0.15) is 5.10 Å². The molecule has 1 saturated carbocycles. The maximum absolute atomic E-state index is 15.1. The topological polar surface area (TPSA) is 107 Å². The number of pyridine rings is 1. The third-order valence-corrected chi connectivity index (χ3v) is 5.41. The number of carbonyl (C=O) groups excluding carboxylic acids is 1. The van der Waals surface area contributed by atoms with E-state index in [4.69, 9.17) is 10.5 Å². The molecule has 5 rings (SSSR count). The number of hydrogen-bond donors (Lipinski definition) is 3. The zero-order chi connectivity index (χ0) is 18.5. The lowest BCUT2D eigenvalue weighted by atomic mass is 10.0. The van der Waals surface area contributed by atoms with E-state index < -0.39 is 5.82 Å². The number of nitrogens with zero attached hydrogens (tertiary/aromatic N) is 3. The molecular formula is C18H21FN6O2. The summed E-state index contributed by atoms with van der Waals surface area (Å²) in [5.74, 6) is -0.679. The highest BCUT2D eigenvalue weighted by atomic mass is 19.1. The third kappa shape index (κ3) is 2.87. The second-order valence-electron chi connectivity index (χ2n) is 7.38. The fraction of sp³-hybridized carbons (Fsp3) is 0.500. The molecule has 0 unspecified atom stereocenters. The number of anilines is 1. The van der Waals surface area contributed by atoms with Gasteiger partial charge in [-0.3, -0.25) is 9.48 Å². The molecular weight excluding hydrogens is 351 g/mol. The highest BCUT2D eigenvalue weighted by molar-refractivity contribution is 6.04. The van der Waals surface area contributed by atoms with Crippen molar-refractivity contribution in [2.75, 3.05) is 18.5 Å². The van der Waals surface area contributed by atoms with Crippen LogP contribution in [0.2, 0.25) is 0 Å². The van der Waals surface area contributed by atoms with E-state index in [1.54, 1.807) is 6.20 Å². The summed E-state index contributed by atoms with van der Waals surface area (Å²) in [6, 6.07) is 0.0406. The van der Waals surface area contributed by atoms with Crippen molar-refractivity contribution in [2.24, 2.45) is 5.73 Å². The summed E-state index contributed by atoms with van der Waals surface area (Å²) in [5.41, 5.74) is 7.90. The lowest BCUT2D eigenvalue weighted by Crippen LogP contribution is -2.48. The van der Waals surface area contributed by atoms with Gasteiger partial charge in [0, 0.05) is 42.6 Å².